The van der Waals surface area contributed by atoms with Gasteiger partial charge in [-0.05, 0) is 38.3 Å². The molecule has 3 rings (SSSR count). The van der Waals surface area contributed by atoms with Crippen LogP contribution >= 0.6 is 11.6 Å². The third-order valence-electron chi connectivity index (χ3n) is 5.19. The molecule has 0 unspecified atom stereocenters. The summed E-state index contributed by atoms with van der Waals surface area (Å²) < 4.78 is 10.9. The number of piperidine rings is 1. The first-order valence-corrected chi connectivity index (χ1v) is 9.41. The highest BCUT2D eigenvalue weighted by molar-refractivity contribution is 6.30. The fraction of sp³-hybridized carbons (Fsp3) is 0.632. The number of benzene rings is 1. The smallest absolute Gasteiger partial charge is 0.226 e. The van der Waals surface area contributed by atoms with E-state index in [1.807, 2.05) is 11.0 Å². The molecule has 138 valence electrons. The molecule has 0 bridgehead atoms. The summed E-state index contributed by atoms with van der Waals surface area (Å²) in [5.74, 6) is 1.81. The number of halogens is 1. The van der Waals surface area contributed by atoms with Crippen LogP contribution in [0.1, 0.15) is 31.2 Å². The van der Waals surface area contributed by atoms with Crippen molar-refractivity contribution in [3.05, 3.63) is 22.7 Å². The first-order valence-electron chi connectivity index (χ1n) is 9.04. The quantitative estimate of drug-likeness (QED) is 0.802. The van der Waals surface area contributed by atoms with E-state index in [9.17, 15) is 4.79 Å². The van der Waals surface area contributed by atoms with Crippen LogP contribution in [0.4, 0.5) is 0 Å². The van der Waals surface area contributed by atoms with E-state index in [0.29, 0.717) is 23.2 Å². The van der Waals surface area contributed by atoms with Gasteiger partial charge in [-0.3, -0.25) is 9.69 Å². The Morgan fingerprint density at radius 2 is 1.92 bits per heavy atom. The largest absolute Gasteiger partial charge is 0.493 e. The Morgan fingerprint density at radius 3 is 2.60 bits per heavy atom. The summed E-state index contributed by atoms with van der Waals surface area (Å²) in [7, 11) is 3.26. The maximum absolute atomic E-state index is 12.7. The Kier molecular flexibility index (Phi) is 6.07. The lowest BCUT2D eigenvalue weighted by atomic mass is 9.96. The first-order chi connectivity index (χ1) is 12.1. The second-order valence-electron chi connectivity index (χ2n) is 6.91. The Balaban J connectivity index is 1.70. The normalized spacial score (nSPS) is 21.4. The molecule has 0 N–H and O–H groups in total. The molecule has 0 aromatic heterocycles. The Bertz CT molecular complexity index is 617. The number of hydrogen-bond donors (Lipinski definition) is 0. The molecule has 2 aliphatic rings. The van der Waals surface area contributed by atoms with E-state index >= 15 is 0 Å². The number of hydrogen-bond acceptors (Lipinski definition) is 4. The van der Waals surface area contributed by atoms with Crippen molar-refractivity contribution >= 4 is 17.5 Å². The molecule has 2 saturated heterocycles. The summed E-state index contributed by atoms with van der Waals surface area (Å²) in [6.07, 6.45) is 4.31. The van der Waals surface area contributed by atoms with E-state index in [0.717, 1.165) is 63.2 Å². The van der Waals surface area contributed by atoms with Gasteiger partial charge in [0, 0.05) is 42.8 Å². The molecule has 1 atom stereocenters. The zero-order chi connectivity index (χ0) is 17.8. The molecule has 1 aromatic rings. The number of likely N-dealkylation sites (tertiary alicyclic amines) is 2. The summed E-state index contributed by atoms with van der Waals surface area (Å²) >= 11 is 6.23. The van der Waals surface area contributed by atoms with E-state index in [1.165, 1.54) is 0 Å². The van der Waals surface area contributed by atoms with Gasteiger partial charge in [-0.15, -0.1) is 0 Å². The summed E-state index contributed by atoms with van der Waals surface area (Å²) in [4.78, 5) is 17.1. The molecular formula is C19H27ClN2O3. The third-order valence-corrected chi connectivity index (χ3v) is 5.41. The molecule has 2 fully saturated rings. The third kappa shape index (κ3) is 4.21. The monoisotopic (exact) mass is 366 g/mol. The fourth-order valence-electron chi connectivity index (χ4n) is 3.96. The van der Waals surface area contributed by atoms with Gasteiger partial charge in [-0.2, -0.15) is 0 Å². The van der Waals surface area contributed by atoms with Crippen molar-refractivity contribution in [2.45, 2.75) is 32.2 Å². The van der Waals surface area contributed by atoms with Crippen LogP contribution in [0.3, 0.4) is 0 Å². The van der Waals surface area contributed by atoms with Crippen LogP contribution in [0.2, 0.25) is 5.02 Å². The van der Waals surface area contributed by atoms with Crippen molar-refractivity contribution in [1.82, 2.24) is 9.80 Å². The van der Waals surface area contributed by atoms with Crippen LogP contribution in [-0.4, -0.2) is 56.1 Å². The van der Waals surface area contributed by atoms with Crippen LogP contribution in [0.5, 0.6) is 11.5 Å². The minimum Gasteiger partial charge on any atom is -0.493 e. The first kappa shape index (κ1) is 18.3. The van der Waals surface area contributed by atoms with Crippen molar-refractivity contribution in [3.63, 3.8) is 0 Å². The molecule has 2 aliphatic heterocycles. The predicted molar refractivity (Wildman–Crippen MR) is 98.4 cm³/mol. The molecule has 6 heteroatoms. The minimum absolute atomic E-state index is 0.110. The Morgan fingerprint density at radius 1 is 1.16 bits per heavy atom. The number of nitrogens with zero attached hydrogens (tertiary/aromatic N) is 2. The highest BCUT2D eigenvalue weighted by atomic mass is 35.5. The zero-order valence-electron chi connectivity index (χ0n) is 15.1. The summed E-state index contributed by atoms with van der Waals surface area (Å²) in [6.45, 7) is 4.35. The van der Waals surface area contributed by atoms with E-state index in [4.69, 9.17) is 21.1 Å². The molecular weight excluding hydrogens is 340 g/mol. The molecule has 5 nitrogen and oxygen atoms in total. The maximum Gasteiger partial charge on any atom is 0.226 e. The number of amides is 1. The average molecular weight is 367 g/mol. The summed E-state index contributed by atoms with van der Waals surface area (Å²) in [5.41, 5.74) is 1.00. The van der Waals surface area contributed by atoms with Gasteiger partial charge in [0.05, 0.1) is 20.1 Å². The number of carbonyl (C=O) groups is 1. The molecule has 0 spiro atoms. The lowest BCUT2D eigenvalue weighted by molar-refractivity contribution is -0.136. The standard InChI is InChI=1S/C19H27ClN2O3/c1-24-17-11-16(20)10-15(18(17)25-2)13-21-7-5-6-14(12-21)19(23)22-8-3-4-9-22/h10-11,14H,3-9,12-13H2,1-2H3/t14-/m1/s1. The Labute approximate surface area is 154 Å². The predicted octanol–water partition coefficient (Wildman–Crippen LogP) is 3.19. The Hall–Kier alpha value is -1.46. The highest BCUT2D eigenvalue weighted by Crippen LogP contribution is 2.36. The lowest BCUT2D eigenvalue weighted by Crippen LogP contribution is -2.43. The molecule has 1 aromatic carbocycles. The van der Waals surface area contributed by atoms with Gasteiger partial charge in [0.15, 0.2) is 11.5 Å². The van der Waals surface area contributed by atoms with Crippen LogP contribution in [0, 0.1) is 5.92 Å². The van der Waals surface area contributed by atoms with Gasteiger partial charge in [-0.1, -0.05) is 11.6 Å². The van der Waals surface area contributed by atoms with E-state index in [-0.39, 0.29) is 5.92 Å². The van der Waals surface area contributed by atoms with Gasteiger partial charge in [0.2, 0.25) is 5.91 Å². The van der Waals surface area contributed by atoms with Crippen molar-refractivity contribution < 1.29 is 14.3 Å². The van der Waals surface area contributed by atoms with E-state index in [2.05, 4.69) is 4.90 Å². The average Bonchev–Trinajstić information content (AvgIpc) is 3.15. The molecule has 2 heterocycles. The van der Waals surface area contributed by atoms with Crippen molar-refractivity contribution in [2.24, 2.45) is 5.92 Å². The van der Waals surface area contributed by atoms with Crippen molar-refractivity contribution in [1.29, 1.82) is 0 Å². The summed E-state index contributed by atoms with van der Waals surface area (Å²) in [5, 5.41) is 0.634. The van der Waals surface area contributed by atoms with Crippen LogP contribution in [0.25, 0.3) is 0 Å². The molecule has 0 aliphatic carbocycles. The number of carbonyl (C=O) groups excluding carboxylic acids is 1. The van der Waals surface area contributed by atoms with Gasteiger partial charge in [0.25, 0.3) is 0 Å². The maximum atomic E-state index is 12.7. The zero-order valence-corrected chi connectivity index (χ0v) is 15.8. The lowest BCUT2D eigenvalue weighted by Gasteiger charge is -2.34. The number of rotatable bonds is 5. The molecule has 1 amide bonds. The number of methoxy groups -OCH3 is 2. The minimum atomic E-state index is 0.110. The van der Waals surface area contributed by atoms with Gasteiger partial charge < -0.3 is 14.4 Å². The second-order valence-corrected chi connectivity index (χ2v) is 7.34. The van der Waals surface area contributed by atoms with Gasteiger partial charge in [0.1, 0.15) is 0 Å². The van der Waals surface area contributed by atoms with Gasteiger partial charge >= 0.3 is 0 Å². The van der Waals surface area contributed by atoms with Crippen LogP contribution < -0.4 is 9.47 Å². The van der Waals surface area contributed by atoms with E-state index in [1.54, 1.807) is 20.3 Å². The van der Waals surface area contributed by atoms with Crippen molar-refractivity contribution in [2.75, 3.05) is 40.4 Å². The molecule has 25 heavy (non-hydrogen) atoms. The number of ether oxygens (including phenoxy) is 2. The van der Waals surface area contributed by atoms with Crippen LogP contribution in [0.15, 0.2) is 12.1 Å². The van der Waals surface area contributed by atoms with Crippen LogP contribution in [-0.2, 0) is 11.3 Å². The molecule has 0 saturated carbocycles. The van der Waals surface area contributed by atoms with E-state index < -0.39 is 0 Å². The topological polar surface area (TPSA) is 42.0 Å². The van der Waals surface area contributed by atoms with Gasteiger partial charge in [-0.25, -0.2) is 0 Å². The fourth-order valence-corrected chi connectivity index (χ4v) is 4.19. The SMILES string of the molecule is COc1cc(Cl)cc(CN2CCC[C@@H](C(=O)N3CCCC3)C2)c1OC. The summed E-state index contributed by atoms with van der Waals surface area (Å²) in [6, 6.07) is 3.69. The van der Waals surface area contributed by atoms with Crippen molar-refractivity contribution in [3.8, 4) is 11.5 Å². The highest BCUT2D eigenvalue weighted by Gasteiger charge is 2.30. The molecule has 0 radical (unpaired) electrons. The second kappa shape index (κ2) is 8.28.